The molecule has 108 valence electrons. The van der Waals surface area contributed by atoms with Gasteiger partial charge in [-0.25, -0.2) is 4.79 Å². The van der Waals surface area contributed by atoms with Crippen molar-refractivity contribution >= 4 is 11.9 Å². The highest BCUT2D eigenvalue weighted by Crippen LogP contribution is 2.31. The van der Waals surface area contributed by atoms with Crippen LogP contribution in [-0.4, -0.2) is 47.5 Å². The minimum Gasteiger partial charge on any atom is -0.335 e. The fourth-order valence-corrected chi connectivity index (χ4v) is 2.59. The van der Waals surface area contributed by atoms with Crippen LogP contribution in [0.2, 0.25) is 0 Å². The highest BCUT2D eigenvalue weighted by Gasteiger charge is 2.37. The minimum atomic E-state index is -0.0424. The van der Waals surface area contributed by atoms with Crippen molar-refractivity contribution in [1.82, 2.24) is 15.1 Å². The molecule has 1 aliphatic heterocycles. The number of rotatable bonds is 4. The summed E-state index contributed by atoms with van der Waals surface area (Å²) >= 11 is 0. The summed E-state index contributed by atoms with van der Waals surface area (Å²) in [6.45, 7) is 8.11. The number of nitrogens with zero attached hydrogens (tertiary/aromatic N) is 2. The lowest BCUT2D eigenvalue weighted by molar-refractivity contribution is -0.131. The molecule has 2 aliphatic rings. The molecule has 0 radical (unpaired) electrons. The van der Waals surface area contributed by atoms with Gasteiger partial charge in [-0.2, -0.15) is 0 Å². The van der Waals surface area contributed by atoms with Gasteiger partial charge in [-0.3, -0.25) is 4.79 Å². The lowest BCUT2D eigenvalue weighted by atomic mass is 10.1. The first-order valence-electron chi connectivity index (χ1n) is 7.31. The van der Waals surface area contributed by atoms with Gasteiger partial charge in [-0.1, -0.05) is 13.8 Å². The number of hydrogen-bond donors (Lipinski definition) is 1. The Labute approximate surface area is 115 Å². The van der Waals surface area contributed by atoms with Crippen molar-refractivity contribution in [2.24, 2.45) is 11.8 Å². The van der Waals surface area contributed by atoms with Gasteiger partial charge in [-0.05, 0) is 32.1 Å². The molecule has 5 heteroatoms. The smallest absolute Gasteiger partial charge is 0.319 e. The first-order valence-corrected chi connectivity index (χ1v) is 7.31. The van der Waals surface area contributed by atoms with Crippen LogP contribution in [0.3, 0.4) is 0 Å². The van der Waals surface area contributed by atoms with Crippen LogP contribution in [0.4, 0.5) is 4.79 Å². The summed E-state index contributed by atoms with van der Waals surface area (Å²) < 4.78 is 0. The largest absolute Gasteiger partial charge is 0.335 e. The maximum absolute atomic E-state index is 12.1. The molecule has 1 saturated carbocycles. The molecule has 1 heterocycles. The zero-order valence-electron chi connectivity index (χ0n) is 12.2. The first-order chi connectivity index (χ1) is 8.97. The van der Waals surface area contributed by atoms with Gasteiger partial charge >= 0.3 is 6.03 Å². The van der Waals surface area contributed by atoms with Crippen molar-refractivity contribution in [2.75, 3.05) is 19.8 Å². The predicted molar refractivity (Wildman–Crippen MR) is 73.5 cm³/mol. The Balaban J connectivity index is 1.76. The molecule has 0 aromatic carbocycles. The molecular formula is C14H25N3O2. The van der Waals surface area contributed by atoms with Gasteiger partial charge in [0.15, 0.2) is 0 Å². The lowest BCUT2D eigenvalue weighted by Gasteiger charge is -2.22. The number of hydrogen-bond acceptors (Lipinski definition) is 2. The van der Waals surface area contributed by atoms with E-state index < -0.39 is 0 Å². The highest BCUT2D eigenvalue weighted by atomic mass is 16.2. The topological polar surface area (TPSA) is 52.7 Å². The highest BCUT2D eigenvalue weighted by molar-refractivity contribution is 5.82. The van der Waals surface area contributed by atoms with Crippen LogP contribution < -0.4 is 5.32 Å². The van der Waals surface area contributed by atoms with Crippen molar-refractivity contribution < 1.29 is 9.59 Å². The normalized spacial score (nSPS) is 20.8. The summed E-state index contributed by atoms with van der Waals surface area (Å²) in [5.41, 5.74) is 0. The van der Waals surface area contributed by atoms with Crippen LogP contribution in [-0.2, 0) is 4.79 Å². The van der Waals surface area contributed by atoms with E-state index in [1.165, 1.54) is 0 Å². The predicted octanol–water partition coefficient (Wildman–Crippen LogP) is 1.64. The Hall–Kier alpha value is -1.26. The average molecular weight is 267 g/mol. The third-order valence-corrected chi connectivity index (χ3v) is 3.70. The fourth-order valence-electron chi connectivity index (χ4n) is 2.59. The van der Waals surface area contributed by atoms with Crippen molar-refractivity contribution in [3.8, 4) is 0 Å². The van der Waals surface area contributed by atoms with E-state index in [0.717, 1.165) is 19.3 Å². The van der Waals surface area contributed by atoms with Crippen LogP contribution in [0.15, 0.2) is 0 Å². The maximum Gasteiger partial charge on any atom is 0.319 e. The van der Waals surface area contributed by atoms with E-state index in [-0.39, 0.29) is 23.9 Å². The Kier molecular flexibility index (Phi) is 4.32. The number of nitrogens with one attached hydrogen (secondary N) is 1. The molecule has 5 nitrogen and oxygen atoms in total. The third-order valence-electron chi connectivity index (χ3n) is 3.70. The zero-order valence-corrected chi connectivity index (χ0v) is 12.2. The Morgan fingerprint density at radius 2 is 1.79 bits per heavy atom. The van der Waals surface area contributed by atoms with Gasteiger partial charge in [0.2, 0.25) is 5.91 Å². The van der Waals surface area contributed by atoms with Crippen molar-refractivity contribution in [3.05, 3.63) is 0 Å². The van der Waals surface area contributed by atoms with Crippen molar-refractivity contribution in [3.63, 3.8) is 0 Å². The Bertz CT molecular complexity index is 353. The molecule has 0 bridgehead atoms. The van der Waals surface area contributed by atoms with Crippen LogP contribution in [0.1, 0.15) is 40.0 Å². The van der Waals surface area contributed by atoms with E-state index in [9.17, 15) is 9.59 Å². The van der Waals surface area contributed by atoms with Gasteiger partial charge in [0.1, 0.15) is 0 Å². The monoisotopic (exact) mass is 267 g/mol. The number of amides is 3. The lowest BCUT2D eigenvalue weighted by Crippen LogP contribution is -2.44. The number of carbonyl (C=O) groups excluding carboxylic acids is 2. The van der Waals surface area contributed by atoms with Crippen LogP contribution in [0.25, 0.3) is 0 Å². The molecule has 1 N–H and O–H groups in total. The SMILES string of the molecule is CC(C)CC(C)NC(=O)N1CCN(C(=O)C2CC2)C1. The Morgan fingerprint density at radius 1 is 1.16 bits per heavy atom. The summed E-state index contributed by atoms with van der Waals surface area (Å²) in [4.78, 5) is 27.5. The van der Waals surface area contributed by atoms with Gasteiger partial charge in [-0.15, -0.1) is 0 Å². The van der Waals surface area contributed by atoms with E-state index in [0.29, 0.717) is 25.7 Å². The second kappa shape index (κ2) is 5.80. The minimum absolute atomic E-state index is 0.0424. The van der Waals surface area contributed by atoms with Crippen LogP contribution >= 0.6 is 0 Å². The van der Waals surface area contributed by atoms with Crippen LogP contribution in [0, 0.1) is 11.8 Å². The van der Waals surface area contributed by atoms with E-state index >= 15 is 0 Å². The van der Waals surface area contributed by atoms with Gasteiger partial charge < -0.3 is 15.1 Å². The van der Waals surface area contributed by atoms with Crippen molar-refractivity contribution in [1.29, 1.82) is 0 Å². The number of carbonyl (C=O) groups is 2. The van der Waals surface area contributed by atoms with E-state index in [2.05, 4.69) is 19.2 Å². The molecule has 1 aliphatic carbocycles. The van der Waals surface area contributed by atoms with Crippen molar-refractivity contribution in [2.45, 2.75) is 46.1 Å². The molecule has 3 amide bonds. The van der Waals surface area contributed by atoms with Gasteiger partial charge in [0, 0.05) is 25.0 Å². The molecule has 0 aromatic heterocycles. The molecule has 1 atom stereocenters. The fraction of sp³-hybridized carbons (Fsp3) is 0.857. The maximum atomic E-state index is 12.1. The van der Waals surface area contributed by atoms with E-state index in [1.54, 1.807) is 4.90 Å². The van der Waals surface area contributed by atoms with Gasteiger partial charge in [0.25, 0.3) is 0 Å². The molecule has 19 heavy (non-hydrogen) atoms. The summed E-state index contributed by atoms with van der Waals surface area (Å²) in [6.07, 6.45) is 3.02. The average Bonchev–Trinajstić information content (AvgIpc) is 3.04. The summed E-state index contributed by atoms with van der Waals surface area (Å²) in [6, 6.07) is 0.139. The molecule has 2 rings (SSSR count). The first kappa shape index (κ1) is 14.2. The number of urea groups is 1. The second-order valence-corrected chi connectivity index (χ2v) is 6.26. The van der Waals surface area contributed by atoms with Crippen LogP contribution in [0.5, 0.6) is 0 Å². The summed E-state index contributed by atoms with van der Waals surface area (Å²) in [5, 5.41) is 3.01. The molecule has 2 fully saturated rings. The standard InChI is InChI=1S/C14H25N3O2/c1-10(2)8-11(3)15-14(19)17-7-6-16(9-17)13(18)12-4-5-12/h10-12H,4-9H2,1-3H3,(H,15,19). The second-order valence-electron chi connectivity index (χ2n) is 6.26. The molecular weight excluding hydrogens is 242 g/mol. The zero-order chi connectivity index (χ0) is 14.0. The Morgan fingerprint density at radius 3 is 2.37 bits per heavy atom. The van der Waals surface area contributed by atoms with Gasteiger partial charge in [0.05, 0.1) is 6.67 Å². The summed E-state index contributed by atoms with van der Waals surface area (Å²) in [7, 11) is 0. The molecule has 0 aromatic rings. The van der Waals surface area contributed by atoms with E-state index in [1.807, 2.05) is 11.8 Å². The third kappa shape index (κ3) is 3.85. The quantitative estimate of drug-likeness (QED) is 0.842. The van der Waals surface area contributed by atoms with E-state index in [4.69, 9.17) is 0 Å². The molecule has 1 saturated heterocycles. The molecule has 1 unspecified atom stereocenters. The summed E-state index contributed by atoms with van der Waals surface area (Å²) in [5.74, 6) is 1.04. The molecule has 0 spiro atoms.